The summed E-state index contributed by atoms with van der Waals surface area (Å²) in [6.07, 6.45) is 14.5. The number of hydrogen-bond donors (Lipinski definition) is 2. The van der Waals surface area contributed by atoms with E-state index >= 15 is 0 Å². The second kappa shape index (κ2) is 19.1. The van der Waals surface area contributed by atoms with E-state index in [1.54, 1.807) is 22.8 Å². The van der Waals surface area contributed by atoms with Crippen molar-refractivity contribution < 1.29 is 38.8 Å². The normalized spacial score (nSPS) is 32.8. The van der Waals surface area contributed by atoms with Gasteiger partial charge in [0.1, 0.15) is 11.7 Å². The average molecular weight is 702 g/mol. The van der Waals surface area contributed by atoms with Crippen LogP contribution in [0.15, 0.2) is 36.0 Å². The fraction of sp³-hybridized carbons (Fsp3) is 0.769. The minimum atomic E-state index is -1.46. The zero-order valence-electron chi connectivity index (χ0n) is 31.1. The first-order valence-electron chi connectivity index (χ1n) is 19.1. The molecule has 4 rings (SSSR count). The summed E-state index contributed by atoms with van der Waals surface area (Å²) in [5.74, 6) is -0.385. The predicted octanol–water partition coefficient (Wildman–Crippen LogP) is 5.85. The standard InChI is InChI=1S/C39H63N3O8/c1-28-18-20-42(26-28)37(45)48-27-29(2)11-10-12-30(3)36-31(4)15-16-34(39(5,47)19-17-33(43)25-35(44)50-36)49-38(46)41-23-21-40(22-24-41)32-13-8-6-7-9-14-32/h10-12,15-16,28-29,31-34,36,43,47H,6-9,13-14,17-27H2,1-5H3/b11-10+,16-15+,30-12+/t28-,29-,31+,33+,34-,36-,39+/m1/s1. The van der Waals surface area contributed by atoms with Gasteiger partial charge in [-0.3, -0.25) is 9.69 Å². The highest BCUT2D eigenvalue weighted by atomic mass is 16.6. The van der Waals surface area contributed by atoms with Crippen LogP contribution in [-0.2, 0) is 19.0 Å². The highest BCUT2D eigenvalue weighted by molar-refractivity contribution is 5.70. The van der Waals surface area contributed by atoms with E-state index in [1.165, 1.54) is 38.5 Å². The van der Waals surface area contributed by atoms with Crippen molar-refractivity contribution in [1.29, 1.82) is 0 Å². The Kier molecular flexibility index (Phi) is 15.2. The molecular weight excluding hydrogens is 638 g/mol. The van der Waals surface area contributed by atoms with Crippen molar-refractivity contribution in [2.24, 2.45) is 17.8 Å². The maximum Gasteiger partial charge on any atom is 0.410 e. The molecule has 0 unspecified atom stereocenters. The Hall–Kier alpha value is -2.89. The molecule has 3 aliphatic heterocycles. The first-order valence-corrected chi connectivity index (χ1v) is 19.1. The third kappa shape index (κ3) is 12.1. The Bertz CT molecular complexity index is 1200. The molecule has 0 aromatic rings. The quantitative estimate of drug-likeness (QED) is 0.110. The van der Waals surface area contributed by atoms with Crippen molar-refractivity contribution in [2.45, 2.75) is 129 Å². The van der Waals surface area contributed by atoms with Crippen LogP contribution in [0.1, 0.15) is 98.8 Å². The molecular formula is C39H63N3O8. The molecule has 4 aliphatic rings. The van der Waals surface area contributed by atoms with Crippen LogP contribution >= 0.6 is 0 Å². The lowest BCUT2D eigenvalue weighted by molar-refractivity contribution is -0.151. The van der Waals surface area contributed by atoms with Crippen LogP contribution in [0.25, 0.3) is 0 Å². The fourth-order valence-electron chi connectivity index (χ4n) is 7.47. The Morgan fingerprint density at radius 2 is 1.70 bits per heavy atom. The lowest BCUT2D eigenvalue weighted by Crippen LogP contribution is -2.53. The van der Waals surface area contributed by atoms with Gasteiger partial charge >= 0.3 is 18.2 Å². The van der Waals surface area contributed by atoms with Gasteiger partial charge in [0.15, 0.2) is 6.10 Å². The first-order chi connectivity index (χ1) is 23.8. The van der Waals surface area contributed by atoms with E-state index in [2.05, 4.69) is 11.8 Å². The highest BCUT2D eigenvalue weighted by Gasteiger charge is 2.37. The third-order valence-corrected chi connectivity index (χ3v) is 10.9. The average Bonchev–Trinajstić information content (AvgIpc) is 3.34. The molecule has 11 heteroatoms. The maximum atomic E-state index is 13.4. The number of carbonyl (C=O) groups is 3. The lowest BCUT2D eigenvalue weighted by Gasteiger charge is -2.40. The van der Waals surface area contributed by atoms with E-state index in [9.17, 15) is 24.6 Å². The van der Waals surface area contributed by atoms with Gasteiger partial charge in [-0.1, -0.05) is 70.8 Å². The summed E-state index contributed by atoms with van der Waals surface area (Å²) in [6.45, 7) is 14.0. The number of cyclic esters (lactones) is 1. The number of rotatable bonds is 7. The van der Waals surface area contributed by atoms with Crippen molar-refractivity contribution in [2.75, 3.05) is 45.9 Å². The largest absolute Gasteiger partial charge is 0.457 e. The van der Waals surface area contributed by atoms with Gasteiger partial charge in [0, 0.05) is 57.1 Å². The minimum Gasteiger partial charge on any atom is -0.457 e. The number of likely N-dealkylation sites (tertiary alicyclic amines) is 1. The summed E-state index contributed by atoms with van der Waals surface area (Å²) in [7, 11) is 0. The van der Waals surface area contributed by atoms with E-state index in [1.807, 2.05) is 45.1 Å². The number of aliphatic hydroxyl groups excluding tert-OH is 1. The van der Waals surface area contributed by atoms with Crippen LogP contribution in [0.4, 0.5) is 9.59 Å². The van der Waals surface area contributed by atoms with Crippen LogP contribution in [0.2, 0.25) is 0 Å². The number of piperazine rings is 1. The van der Waals surface area contributed by atoms with Gasteiger partial charge in [0.2, 0.25) is 0 Å². The molecule has 3 fully saturated rings. The molecule has 50 heavy (non-hydrogen) atoms. The molecule has 3 heterocycles. The smallest absolute Gasteiger partial charge is 0.410 e. The molecule has 0 aromatic heterocycles. The minimum absolute atomic E-state index is 0.0215. The van der Waals surface area contributed by atoms with Crippen LogP contribution < -0.4 is 0 Å². The van der Waals surface area contributed by atoms with Gasteiger partial charge in [-0.25, -0.2) is 9.59 Å². The molecule has 0 spiro atoms. The van der Waals surface area contributed by atoms with Crippen molar-refractivity contribution >= 4 is 18.2 Å². The molecule has 282 valence electrons. The van der Waals surface area contributed by atoms with E-state index in [4.69, 9.17) is 14.2 Å². The van der Waals surface area contributed by atoms with Gasteiger partial charge in [0.25, 0.3) is 0 Å². The third-order valence-electron chi connectivity index (χ3n) is 10.9. The topological polar surface area (TPSA) is 129 Å². The Labute approximate surface area is 299 Å². The first kappa shape index (κ1) is 39.9. The molecule has 0 aromatic carbocycles. The van der Waals surface area contributed by atoms with E-state index in [0.29, 0.717) is 25.0 Å². The monoisotopic (exact) mass is 701 g/mol. The highest BCUT2D eigenvalue weighted by Crippen LogP contribution is 2.28. The zero-order chi connectivity index (χ0) is 36.3. The Morgan fingerprint density at radius 1 is 1.00 bits per heavy atom. The summed E-state index contributed by atoms with van der Waals surface area (Å²) in [5, 5.41) is 22.2. The van der Waals surface area contributed by atoms with E-state index < -0.39 is 36.0 Å². The van der Waals surface area contributed by atoms with Gasteiger partial charge in [0.05, 0.1) is 19.1 Å². The van der Waals surface area contributed by atoms with E-state index in [-0.39, 0.29) is 43.8 Å². The van der Waals surface area contributed by atoms with Crippen LogP contribution in [-0.4, -0.2) is 119 Å². The lowest BCUT2D eigenvalue weighted by atomic mass is 9.89. The SMILES string of the molecule is C/C(=C\C=C\[C@@H](C)COC(=O)N1CC[C@@H](C)C1)[C@H]1OC(=O)C[C@@H](O)CC[C@](C)(O)[C@H](OC(=O)N2CCN(C3CCCCCC3)CC2)/C=C/[C@@H]1C. The molecule has 0 bridgehead atoms. The number of ether oxygens (including phenoxy) is 3. The van der Waals surface area contributed by atoms with Crippen LogP contribution in [0.3, 0.4) is 0 Å². The van der Waals surface area contributed by atoms with Crippen molar-refractivity contribution in [3.05, 3.63) is 36.0 Å². The number of amides is 2. The summed E-state index contributed by atoms with van der Waals surface area (Å²) in [5.41, 5.74) is -0.686. The van der Waals surface area contributed by atoms with Gasteiger partial charge < -0.3 is 34.2 Å². The molecule has 2 N–H and O–H groups in total. The van der Waals surface area contributed by atoms with Gasteiger partial charge in [-0.15, -0.1) is 0 Å². The number of nitrogens with zero attached hydrogens (tertiary/aromatic N) is 3. The Morgan fingerprint density at radius 3 is 2.36 bits per heavy atom. The summed E-state index contributed by atoms with van der Waals surface area (Å²) in [4.78, 5) is 44.7. The number of carbonyl (C=O) groups excluding carboxylic acids is 3. The summed E-state index contributed by atoms with van der Waals surface area (Å²) >= 11 is 0. The van der Waals surface area contributed by atoms with Crippen molar-refractivity contribution in [3.63, 3.8) is 0 Å². The van der Waals surface area contributed by atoms with Crippen molar-refractivity contribution in [1.82, 2.24) is 14.7 Å². The van der Waals surface area contributed by atoms with Crippen LogP contribution in [0, 0.1) is 17.8 Å². The molecule has 1 saturated carbocycles. The van der Waals surface area contributed by atoms with Gasteiger partial charge in [-0.2, -0.15) is 0 Å². The molecule has 0 radical (unpaired) electrons. The maximum absolute atomic E-state index is 13.4. The fourth-order valence-corrected chi connectivity index (χ4v) is 7.47. The summed E-state index contributed by atoms with van der Waals surface area (Å²) in [6, 6.07) is 0.588. The number of allylic oxidation sites excluding steroid dienone is 2. The van der Waals surface area contributed by atoms with Crippen molar-refractivity contribution in [3.8, 4) is 0 Å². The molecule has 2 saturated heterocycles. The predicted molar refractivity (Wildman–Crippen MR) is 192 cm³/mol. The number of esters is 1. The van der Waals surface area contributed by atoms with E-state index in [0.717, 1.165) is 38.2 Å². The molecule has 7 atom stereocenters. The van der Waals surface area contributed by atoms with Gasteiger partial charge in [-0.05, 0) is 63.5 Å². The molecule has 2 amide bonds. The summed E-state index contributed by atoms with van der Waals surface area (Å²) < 4.78 is 17.4. The number of hydrogen-bond acceptors (Lipinski definition) is 9. The zero-order valence-corrected chi connectivity index (χ0v) is 31.1. The van der Waals surface area contributed by atoms with Crippen LogP contribution in [0.5, 0.6) is 0 Å². The number of aliphatic hydroxyl groups is 2. The molecule has 1 aliphatic carbocycles. The second-order valence-electron chi connectivity index (χ2n) is 15.6. The molecule has 11 nitrogen and oxygen atoms in total. The Balaban J connectivity index is 1.39. The second-order valence-corrected chi connectivity index (χ2v) is 15.6.